The fraction of sp³-hybridized carbons (Fsp3) is 0.0909. The molecule has 0 fully saturated rings. The normalized spacial score (nSPS) is 14.4. The molecule has 0 saturated heterocycles. The molecule has 0 unspecified atom stereocenters. The Balaban J connectivity index is 1.76. The Kier molecular flexibility index (Phi) is 5.28. The van der Waals surface area contributed by atoms with E-state index in [1.807, 2.05) is 0 Å². The largest absolute Gasteiger partial charge is 0.497 e. The molecule has 1 N–H and O–H groups in total. The lowest BCUT2D eigenvalue weighted by atomic mass is 10.1. The average molecular weight is 444 g/mol. The first-order valence-corrected chi connectivity index (χ1v) is 9.93. The van der Waals surface area contributed by atoms with Gasteiger partial charge in [-0.05, 0) is 53.9 Å². The van der Waals surface area contributed by atoms with Crippen molar-refractivity contribution >= 4 is 40.1 Å². The number of hydrogen-bond acceptors (Lipinski definition) is 5. The third kappa shape index (κ3) is 3.91. The van der Waals surface area contributed by atoms with Crippen LogP contribution in [-0.4, -0.2) is 18.9 Å². The van der Waals surface area contributed by atoms with Gasteiger partial charge in [0.25, 0.3) is 11.8 Å². The van der Waals surface area contributed by atoms with Gasteiger partial charge in [-0.3, -0.25) is 9.59 Å². The summed E-state index contributed by atoms with van der Waals surface area (Å²) in [5.41, 5.74) is -0.460. The summed E-state index contributed by atoms with van der Waals surface area (Å²) in [6.45, 7) is 0. The lowest BCUT2D eigenvalue weighted by Crippen LogP contribution is -2.32. The zero-order valence-corrected chi connectivity index (χ0v) is 16.9. The summed E-state index contributed by atoms with van der Waals surface area (Å²) < 4.78 is 44.4. The number of methoxy groups -OCH3 is 1. The van der Waals surface area contributed by atoms with Gasteiger partial charge >= 0.3 is 6.18 Å². The number of carbonyl (C=O) groups excluding carboxylic acids is 2. The number of anilines is 2. The van der Waals surface area contributed by atoms with Crippen LogP contribution in [0.2, 0.25) is 0 Å². The van der Waals surface area contributed by atoms with Crippen LogP contribution in [0.3, 0.4) is 0 Å². The third-order valence-electron chi connectivity index (χ3n) is 4.64. The molecule has 0 bridgehead atoms. The van der Waals surface area contributed by atoms with E-state index in [2.05, 4.69) is 5.32 Å². The van der Waals surface area contributed by atoms with Crippen LogP contribution < -0.4 is 15.0 Å². The second kappa shape index (κ2) is 7.92. The van der Waals surface area contributed by atoms with E-state index in [0.29, 0.717) is 16.3 Å². The van der Waals surface area contributed by atoms with E-state index >= 15 is 0 Å². The Labute approximate surface area is 179 Å². The highest BCUT2D eigenvalue weighted by Gasteiger charge is 2.41. The molecule has 0 saturated carbocycles. The van der Waals surface area contributed by atoms with Gasteiger partial charge in [-0.15, -0.1) is 11.3 Å². The van der Waals surface area contributed by atoms with Gasteiger partial charge in [0, 0.05) is 10.6 Å². The lowest BCUT2D eigenvalue weighted by Gasteiger charge is -2.16. The summed E-state index contributed by atoms with van der Waals surface area (Å²) in [6, 6.07) is 14.2. The van der Waals surface area contributed by atoms with E-state index < -0.39 is 23.6 Å². The number of rotatable bonds is 5. The smallest absolute Gasteiger partial charge is 0.416 e. The van der Waals surface area contributed by atoms with Gasteiger partial charge in [-0.25, -0.2) is 4.90 Å². The summed E-state index contributed by atoms with van der Waals surface area (Å²) in [5, 5.41) is 4.49. The molecular formula is C22H15F3N2O3S. The van der Waals surface area contributed by atoms with Crippen LogP contribution in [-0.2, 0) is 15.8 Å². The maximum Gasteiger partial charge on any atom is 0.416 e. The molecule has 9 heteroatoms. The highest BCUT2D eigenvalue weighted by molar-refractivity contribution is 7.11. The molecule has 1 aromatic heterocycles. The lowest BCUT2D eigenvalue weighted by molar-refractivity contribution is -0.137. The topological polar surface area (TPSA) is 58.6 Å². The fourth-order valence-electron chi connectivity index (χ4n) is 3.18. The highest BCUT2D eigenvalue weighted by atomic mass is 32.1. The van der Waals surface area contributed by atoms with Gasteiger partial charge in [0.1, 0.15) is 11.4 Å². The van der Waals surface area contributed by atoms with Crippen molar-refractivity contribution in [3.63, 3.8) is 0 Å². The SMILES string of the molecule is COc1ccc(N2C(=O)C(Nc3cccc(C(F)(F)F)c3)=C(c3cccs3)C2=O)cc1. The summed E-state index contributed by atoms with van der Waals surface area (Å²) in [4.78, 5) is 27.9. The van der Waals surface area contributed by atoms with Crippen molar-refractivity contribution < 1.29 is 27.5 Å². The molecule has 1 aliphatic rings. The van der Waals surface area contributed by atoms with Crippen LogP contribution in [0.15, 0.2) is 71.7 Å². The number of amides is 2. The van der Waals surface area contributed by atoms with Gasteiger partial charge in [0.15, 0.2) is 0 Å². The summed E-state index contributed by atoms with van der Waals surface area (Å²) in [5.74, 6) is -0.667. The Bertz CT molecular complexity index is 1170. The molecule has 0 radical (unpaired) electrons. The summed E-state index contributed by atoms with van der Waals surface area (Å²) >= 11 is 1.25. The molecule has 2 aromatic carbocycles. The maximum atomic E-state index is 13.2. The molecule has 1 aliphatic heterocycles. The van der Waals surface area contributed by atoms with E-state index in [1.165, 1.54) is 30.6 Å². The standard InChI is InChI=1S/C22H15F3N2O3S/c1-30-16-9-7-15(8-10-16)27-20(28)18(17-6-3-11-31-17)19(21(27)29)26-14-5-2-4-13(12-14)22(23,24)25/h2-12,26H,1H3. The molecule has 31 heavy (non-hydrogen) atoms. The highest BCUT2D eigenvalue weighted by Crippen LogP contribution is 2.37. The van der Waals surface area contributed by atoms with Crippen molar-refractivity contribution in [1.82, 2.24) is 0 Å². The van der Waals surface area contributed by atoms with E-state index in [1.54, 1.807) is 41.8 Å². The Hall–Kier alpha value is -3.59. The zero-order chi connectivity index (χ0) is 22.2. The first-order chi connectivity index (χ1) is 14.8. The second-order valence-corrected chi connectivity index (χ2v) is 7.52. The van der Waals surface area contributed by atoms with Crippen LogP contribution in [0.1, 0.15) is 10.4 Å². The van der Waals surface area contributed by atoms with Crippen LogP contribution in [0.5, 0.6) is 5.75 Å². The Morgan fingerprint density at radius 2 is 1.71 bits per heavy atom. The third-order valence-corrected chi connectivity index (χ3v) is 5.53. The predicted octanol–water partition coefficient (Wildman–Crippen LogP) is 5.17. The number of hydrogen-bond donors (Lipinski definition) is 1. The van der Waals surface area contributed by atoms with Gasteiger partial charge < -0.3 is 10.1 Å². The minimum atomic E-state index is -4.53. The van der Waals surface area contributed by atoms with Crippen LogP contribution in [0, 0.1) is 0 Å². The number of benzene rings is 2. The minimum Gasteiger partial charge on any atom is -0.497 e. The maximum absolute atomic E-state index is 13.2. The van der Waals surface area contributed by atoms with E-state index in [-0.39, 0.29) is 17.0 Å². The molecule has 5 nitrogen and oxygen atoms in total. The number of nitrogens with one attached hydrogen (secondary N) is 1. The van der Waals surface area contributed by atoms with Crippen LogP contribution in [0.4, 0.5) is 24.5 Å². The second-order valence-electron chi connectivity index (χ2n) is 6.57. The van der Waals surface area contributed by atoms with Crippen molar-refractivity contribution in [1.29, 1.82) is 0 Å². The number of thiophene rings is 1. The molecule has 0 atom stereocenters. The number of nitrogens with zero attached hydrogens (tertiary/aromatic N) is 1. The Morgan fingerprint density at radius 3 is 2.32 bits per heavy atom. The number of imide groups is 1. The Morgan fingerprint density at radius 1 is 0.968 bits per heavy atom. The number of carbonyl (C=O) groups is 2. The van der Waals surface area contributed by atoms with Gasteiger partial charge in [-0.2, -0.15) is 13.2 Å². The molecule has 4 rings (SSSR count). The quantitative estimate of drug-likeness (QED) is 0.552. The minimum absolute atomic E-state index is 0.0524. The predicted molar refractivity (Wildman–Crippen MR) is 112 cm³/mol. The molecule has 158 valence electrons. The number of halogens is 3. The molecule has 2 amide bonds. The van der Waals surface area contributed by atoms with Crippen molar-refractivity contribution in [2.75, 3.05) is 17.3 Å². The van der Waals surface area contributed by atoms with Crippen LogP contribution in [0.25, 0.3) is 5.57 Å². The van der Waals surface area contributed by atoms with Crippen molar-refractivity contribution in [2.24, 2.45) is 0 Å². The van der Waals surface area contributed by atoms with Gasteiger partial charge in [-0.1, -0.05) is 12.1 Å². The van der Waals surface area contributed by atoms with Gasteiger partial charge in [0.05, 0.1) is 23.9 Å². The average Bonchev–Trinajstić information content (AvgIpc) is 3.35. The number of alkyl halides is 3. The first-order valence-electron chi connectivity index (χ1n) is 9.05. The van der Waals surface area contributed by atoms with Gasteiger partial charge in [0.2, 0.25) is 0 Å². The molecule has 0 aliphatic carbocycles. The molecule has 3 aromatic rings. The van der Waals surface area contributed by atoms with E-state index in [0.717, 1.165) is 17.0 Å². The fourth-order valence-corrected chi connectivity index (χ4v) is 3.95. The van der Waals surface area contributed by atoms with Crippen molar-refractivity contribution in [3.05, 3.63) is 82.2 Å². The molecule has 2 heterocycles. The van der Waals surface area contributed by atoms with Crippen molar-refractivity contribution in [2.45, 2.75) is 6.18 Å². The van der Waals surface area contributed by atoms with Crippen LogP contribution >= 0.6 is 11.3 Å². The van der Waals surface area contributed by atoms with E-state index in [4.69, 9.17) is 4.74 Å². The summed E-state index contributed by atoms with van der Waals surface area (Å²) in [6.07, 6.45) is -4.53. The summed E-state index contributed by atoms with van der Waals surface area (Å²) in [7, 11) is 1.49. The molecule has 0 spiro atoms. The van der Waals surface area contributed by atoms with Crippen molar-refractivity contribution in [3.8, 4) is 5.75 Å². The first kappa shape index (κ1) is 20.7. The molecular weight excluding hydrogens is 429 g/mol. The monoisotopic (exact) mass is 444 g/mol. The zero-order valence-electron chi connectivity index (χ0n) is 16.1. The number of ether oxygens (including phenoxy) is 1. The van der Waals surface area contributed by atoms with E-state index in [9.17, 15) is 22.8 Å².